The zero-order chi connectivity index (χ0) is 18.4. The van der Waals surface area contributed by atoms with Crippen LogP contribution in [0.1, 0.15) is 52.6 Å². The number of hydrogen-bond acceptors (Lipinski definition) is 0. The number of aryl methyl sites for hydroxylation is 2. The van der Waals surface area contributed by atoms with Crippen LogP contribution in [0.4, 0.5) is 0 Å². The predicted octanol–water partition coefficient (Wildman–Crippen LogP) is 6.92. The lowest BCUT2D eigenvalue weighted by molar-refractivity contribution is 0.914. The molecular formula is C25H27Cl. The lowest BCUT2D eigenvalue weighted by atomic mass is 9.98. The van der Waals surface area contributed by atoms with Gasteiger partial charge in [0.15, 0.2) is 0 Å². The van der Waals surface area contributed by atoms with Crippen LogP contribution in [0.5, 0.6) is 0 Å². The summed E-state index contributed by atoms with van der Waals surface area (Å²) in [6, 6.07) is 26.4. The van der Waals surface area contributed by atoms with E-state index in [9.17, 15) is 0 Å². The molecule has 0 N–H and O–H groups in total. The summed E-state index contributed by atoms with van der Waals surface area (Å²) in [6.45, 7) is 4.37. The lowest BCUT2D eigenvalue weighted by Gasteiger charge is -2.12. The van der Waals surface area contributed by atoms with E-state index in [1.165, 1.54) is 33.4 Å². The highest BCUT2D eigenvalue weighted by atomic mass is 35.5. The molecule has 0 amide bonds. The van der Waals surface area contributed by atoms with Crippen LogP contribution in [0.25, 0.3) is 0 Å². The maximum absolute atomic E-state index is 6.73. The maximum atomic E-state index is 6.73. The van der Waals surface area contributed by atoms with Crippen molar-refractivity contribution in [2.24, 2.45) is 0 Å². The van der Waals surface area contributed by atoms with E-state index >= 15 is 0 Å². The normalized spacial score (nSPS) is 12.1. The van der Waals surface area contributed by atoms with E-state index in [4.69, 9.17) is 11.6 Å². The fourth-order valence-corrected chi connectivity index (χ4v) is 3.58. The third-order valence-corrected chi connectivity index (χ3v) is 5.40. The highest BCUT2D eigenvalue weighted by Crippen LogP contribution is 2.26. The molecule has 0 bridgehead atoms. The zero-order valence-corrected chi connectivity index (χ0v) is 16.5. The summed E-state index contributed by atoms with van der Waals surface area (Å²) < 4.78 is 0. The monoisotopic (exact) mass is 362 g/mol. The van der Waals surface area contributed by atoms with E-state index in [0.29, 0.717) is 0 Å². The van der Waals surface area contributed by atoms with Gasteiger partial charge in [0.05, 0.1) is 5.38 Å². The van der Waals surface area contributed by atoms with E-state index in [1.54, 1.807) is 0 Å². The van der Waals surface area contributed by atoms with Crippen molar-refractivity contribution < 1.29 is 0 Å². The first-order chi connectivity index (χ1) is 12.7. The van der Waals surface area contributed by atoms with Gasteiger partial charge in [-0.25, -0.2) is 0 Å². The smallest absolute Gasteiger partial charge is 0.0625 e. The van der Waals surface area contributed by atoms with Crippen LogP contribution >= 0.6 is 11.6 Å². The number of halogens is 1. The Balaban J connectivity index is 1.68. The molecule has 134 valence electrons. The Morgan fingerprint density at radius 3 is 1.77 bits per heavy atom. The lowest BCUT2D eigenvalue weighted by Crippen LogP contribution is -1.98. The van der Waals surface area contributed by atoms with Crippen molar-refractivity contribution in [3.8, 4) is 0 Å². The molecule has 0 heterocycles. The van der Waals surface area contributed by atoms with Gasteiger partial charge in [0.2, 0.25) is 0 Å². The van der Waals surface area contributed by atoms with E-state index in [1.807, 2.05) is 0 Å². The second-order valence-corrected chi connectivity index (χ2v) is 7.46. The molecule has 0 aliphatic heterocycles. The number of hydrogen-bond donors (Lipinski definition) is 0. The van der Waals surface area contributed by atoms with Crippen LogP contribution in [0.3, 0.4) is 0 Å². The average molecular weight is 363 g/mol. The van der Waals surface area contributed by atoms with Crippen LogP contribution in [0.15, 0.2) is 72.8 Å². The summed E-state index contributed by atoms with van der Waals surface area (Å²) in [6.07, 6.45) is 3.97. The molecule has 0 nitrogen and oxygen atoms in total. The number of rotatable bonds is 7. The third-order valence-electron chi connectivity index (χ3n) is 5.00. The average Bonchev–Trinajstić information content (AvgIpc) is 2.69. The van der Waals surface area contributed by atoms with Gasteiger partial charge < -0.3 is 0 Å². The first-order valence-corrected chi connectivity index (χ1v) is 10.00. The summed E-state index contributed by atoms with van der Waals surface area (Å²) in [5.74, 6) is 0. The van der Waals surface area contributed by atoms with Crippen molar-refractivity contribution in [1.29, 1.82) is 0 Å². The number of benzene rings is 3. The van der Waals surface area contributed by atoms with Gasteiger partial charge in [-0.1, -0.05) is 86.6 Å². The molecule has 3 rings (SSSR count). The topological polar surface area (TPSA) is 0 Å². The molecule has 0 radical (unpaired) electrons. The first kappa shape index (κ1) is 18.7. The maximum Gasteiger partial charge on any atom is 0.0625 e. The highest BCUT2D eigenvalue weighted by molar-refractivity contribution is 6.20. The van der Waals surface area contributed by atoms with Crippen LogP contribution in [0.2, 0.25) is 0 Å². The van der Waals surface area contributed by atoms with Gasteiger partial charge >= 0.3 is 0 Å². The van der Waals surface area contributed by atoms with Gasteiger partial charge in [-0.05, 0) is 59.1 Å². The second kappa shape index (κ2) is 9.05. The van der Waals surface area contributed by atoms with Gasteiger partial charge in [0.25, 0.3) is 0 Å². The van der Waals surface area contributed by atoms with Crippen LogP contribution in [-0.2, 0) is 25.7 Å². The standard InChI is InChI=1S/C25H27Cl/c1-3-19-8-12-21(13-9-19)16-23-6-5-7-24(17-23)25(26)18-22-14-10-20(4-2)11-15-22/h5-15,17,25H,3-4,16,18H2,1-2H3. The van der Waals surface area contributed by atoms with Crippen molar-refractivity contribution in [2.75, 3.05) is 0 Å². The quantitative estimate of drug-likeness (QED) is 0.400. The van der Waals surface area contributed by atoms with Gasteiger partial charge in [0, 0.05) is 0 Å². The van der Waals surface area contributed by atoms with Crippen molar-refractivity contribution in [3.05, 3.63) is 106 Å². The number of alkyl halides is 1. The largest absolute Gasteiger partial charge is 0.117 e. The van der Waals surface area contributed by atoms with Crippen molar-refractivity contribution in [2.45, 2.75) is 44.9 Å². The SMILES string of the molecule is CCc1ccc(Cc2cccc(C(Cl)Cc3ccc(CC)cc3)c2)cc1. The van der Waals surface area contributed by atoms with Gasteiger partial charge in [0.1, 0.15) is 0 Å². The predicted molar refractivity (Wildman–Crippen MR) is 113 cm³/mol. The van der Waals surface area contributed by atoms with E-state index in [0.717, 1.165) is 25.7 Å². The van der Waals surface area contributed by atoms with Crippen LogP contribution in [-0.4, -0.2) is 0 Å². The Kier molecular flexibility index (Phi) is 6.52. The van der Waals surface area contributed by atoms with Gasteiger partial charge in [-0.2, -0.15) is 0 Å². The van der Waals surface area contributed by atoms with Crippen LogP contribution < -0.4 is 0 Å². The molecule has 0 aliphatic rings. The fraction of sp³-hybridized carbons (Fsp3) is 0.280. The molecule has 26 heavy (non-hydrogen) atoms. The van der Waals surface area contributed by atoms with Crippen molar-refractivity contribution in [3.63, 3.8) is 0 Å². The Labute approximate surface area is 162 Å². The molecule has 0 aliphatic carbocycles. The van der Waals surface area contributed by atoms with Crippen molar-refractivity contribution in [1.82, 2.24) is 0 Å². The molecule has 1 heteroatoms. The Hall–Kier alpha value is -2.05. The molecule has 3 aromatic carbocycles. The summed E-state index contributed by atoms with van der Waals surface area (Å²) in [5, 5.41) is 0.00453. The Morgan fingerprint density at radius 1 is 0.654 bits per heavy atom. The molecule has 0 fully saturated rings. The summed E-state index contributed by atoms with van der Waals surface area (Å²) >= 11 is 6.73. The van der Waals surface area contributed by atoms with E-state index in [2.05, 4.69) is 86.6 Å². The Morgan fingerprint density at radius 2 is 1.19 bits per heavy atom. The minimum atomic E-state index is 0.00453. The molecule has 0 saturated carbocycles. The third kappa shape index (κ3) is 4.99. The van der Waals surface area contributed by atoms with Crippen molar-refractivity contribution >= 4 is 11.6 Å². The molecular weight excluding hydrogens is 336 g/mol. The summed E-state index contributed by atoms with van der Waals surface area (Å²) in [7, 11) is 0. The molecule has 0 spiro atoms. The highest BCUT2D eigenvalue weighted by Gasteiger charge is 2.10. The summed E-state index contributed by atoms with van der Waals surface area (Å²) in [4.78, 5) is 0. The van der Waals surface area contributed by atoms with E-state index in [-0.39, 0.29) is 5.38 Å². The molecule has 0 saturated heterocycles. The minimum absolute atomic E-state index is 0.00453. The Bertz CT molecular complexity index is 816. The van der Waals surface area contributed by atoms with Gasteiger partial charge in [-0.15, -0.1) is 11.6 Å². The molecule has 1 atom stereocenters. The fourth-order valence-electron chi connectivity index (χ4n) is 3.26. The zero-order valence-electron chi connectivity index (χ0n) is 15.7. The molecule has 3 aromatic rings. The second-order valence-electron chi connectivity index (χ2n) is 6.93. The van der Waals surface area contributed by atoms with Gasteiger partial charge in [-0.3, -0.25) is 0 Å². The first-order valence-electron chi connectivity index (χ1n) is 9.56. The minimum Gasteiger partial charge on any atom is -0.117 e. The van der Waals surface area contributed by atoms with E-state index < -0.39 is 0 Å². The summed E-state index contributed by atoms with van der Waals surface area (Å²) in [5.41, 5.74) is 7.92. The molecule has 0 aromatic heterocycles. The molecule has 1 unspecified atom stereocenters. The van der Waals surface area contributed by atoms with Crippen LogP contribution in [0, 0.1) is 0 Å².